The van der Waals surface area contributed by atoms with Gasteiger partial charge in [-0.05, 0) is 36.1 Å². The molecule has 0 radical (unpaired) electrons. The summed E-state index contributed by atoms with van der Waals surface area (Å²) in [4.78, 5) is 27.0. The van der Waals surface area contributed by atoms with Crippen LogP contribution in [-0.4, -0.2) is 32.6 Å². The fourth-order valence-corrected chi connectivity index (χ4v) is 3.14. The summed E-state index contributed by atoms with van der Waals surface area (Å²) in [6.45, 7) is 2.60. The molecular formula is C23H26N4O2. The number of fused-ring (bicyclic) bond motifs is 1. The highest BCUT2D eigenvalue weighted by Gasteiger charge is 2.15. The van der Waals surface area contributed by atoms with Crippen LogP contribution in [0.15, 0.2) is 60.7 Å². The lowest BCUT2D eigenvalue weighted by Crippen LogP contribution is -2.27. The van der Waals surface area contributed by atoms with Crippen molar-refractivity contribution in [3.05, 3.63) is 66.2 Å². The number of rotatable bonds is 6. The Labute approximate surface area is 170 Å². The molecule has 0 aliphatic carbocycles. The summed E-state index contributed by atoms with van der Waals surface area (Å²) in [6, 6.07) is 18.6. The van der Waals surface area contributed by atoms with Crippen LogP contribution in [0.1, 0.15) is 23.7 Å². The summed E-state index contributed by atoms with van der Waals surface area (Å²) in [5.74, 6) is -0.159. The molecule has 0 atom stereocenters. The first-order valence-corrected chi connectivity index (χ1v) is 9.65. The van der Waals surface area contributed by atoms with E-state index in [-0.39, 0.29) is 11.9 Å². The van der Waals surface area contributed by atoms with E-state index in [9.17, 15) is 9.59 Å². The van der Waals surface area contributed by atoms with Gasteiger partial charge in [0, 0.05) is 37.4 Å². The molecular weight excluding hydrogens is 364 g/mol. The zero-order chi connectivity index (χ0) is 20.8. The van der Waals surface area contributed by atoms with Crippen LogP contribution in [0.3, 0.4) is 0 Å². The van der Waals surface area contributed by atoms with E-state index in [0.29, 0.717) is 17.8 Å². The lowest BCUT2D eigenvalue weighted by molar-refractivity contribution is 0.0954. The second-order valence-electron chi connectivity index (χ2n) is 6.99. The van der Waals surface area contributed by atoms with Crippen molar-refractivity contribution in [3.8, 4) is 0 Å². The maximum Gasteiger partial charge on any atom is 0.323 e. The van der Waals surface area contributed by atoms with E-state index in [2.05, 4.69) is 16.0 Å². The summed E-state index contributed by atoms with van der Waals surface area (Å²) < 4.78 is 0. The van der Waals surface area contributed by atoms with Crippen LogP contribution in [0.25, 0.3) is 10.8 Å². The number of benzene rings is 3. The number of amides is 3. The topological polar surface area (TPSA) is 73.5 Å². The highest BCUT2D eigenvalue weighted by Crippen LogP contribution is 2.25. The SMILES string of the molecule is CCCNC(=O)c1cc(NC(=O)Nc2cccc3ccccc23)ccc1N(C)C. The van der Waals surface area contributed by atoms with Gasteiger partial charge in [-0.1, -0.05) is 43.3 Å². The quantitative estimate of drug-likeness (QED) is 0.572. The lowest BCUT2D eigenvalue weighted by Gasteiger charge is -2.18. The first kappa shape index (κ1) is 20.2. The van der Waals surface area contributed by atoms with E-state index in [1.54, 1.807) is 12.1 Å². The smallest absolute Gasteiger partial charge is 0.323 e. The van der Waals surface area contributed by atoms with Crippen LogP contribution < -0.4 is 20.9 Å². The minimum atomic E-state index is -0.362. The molecule has 3 aromatic carbocycles. The van der Waals surface area contributed by atoms with Gasteiger partial charge in [0.2, 0.25) is 0 Å². The minimum absolute atomic E-state index is 0.159. The molecule has 0 saturated heterocycles. The van der Waals surface area contributed by atoms with Crippen molar-refractivity contribution in [2.45, 2.75) is 13.3 Å². The maximum atomic E-state index is 12.6. The molecule has 0 spiro atoms. The number of anilines is 3. The molecule has 0 aromatic heterocycles. The molecule has 6 nitrogen and oxygen atoms in total. The predicted octanol–water partition coefficient (Wildman–Crippen LogP) is 4.69. The number of carbonyl (C=O) groups is 2. The number of hydrogen-bond donors (Lipinski definition) is 3. The van der Waals surface area contributed by atoms with Crippen molar-refractivity contribution in [1.29, 1.82) is 0 Å². The number of urea groups is 1. The lowest BCUT2D eigenvalue weighted by atomic mass is 10.1. The summed E-state index contributed by atoms with van der Waals surface area (Å²) in [7, 11) is 3.76. The molecule has 0 saturated carbocycles. The van der Waals surface area contributed by atoms with Gasteiger partial charge >= 0.3 is 6.03 Å². The molecule has 150 valence electrons. The van der Waals surface area contributed by atoms with Gasteiger partial charge in [0.05, 0.1) is 11.3 Å². The van der Waals surface area contributed by atoms with E-state index in [1.807, 2.05) is 74.4 Å². The summed E-state index contributed by atoms with van der Waals surface area (Å²) in [5.41, 5.74) is 2.59. The largest absolute Gasteiger partial charge is 0.377 e. The van der Waals surface area contributed by atoms with E-state index >= 15 is 0 Å². The summed E-state index contributed by atoms with van der Waals surface area (Å²) in [6.07, 6.45) is 0.856. The van der Waals surface area contributed by atoms with Gasteiger partial charge in [-0.3, -0.25) is 4.79 Å². The van der Waals surface area contributed by atoms with Crippen LogP contribution >= 0.6 is 0 Å². The van der Waals surface area contributed by atoms with Gasteiger partial charge < -0.3 is 20.9 Å². The fourth-order valence-electron chi connectivity index (χ4n) is 3.14. The second kappa shape index (κ2) is 9.10. The van der Waals surface area contributed by atoms with Crippen molar-refractivity contribution >= 4 is 39.8 Å². The van der Waals surface area contributed by atoms with Crippen molar-refractivity contribution in [2.75, 3.05) is 36.2 Å². The Morgan fingerprint density at radius 3 is 2.45 bits per heavy atom. The molecule has 0 bridgehead atoms. The predicted molar refractivity (Wildman–Crippen MR) is 120 cm³/mol. The fraction of sp³-hybridized carbons (Fsp3) is 0.217. The van der Waals surface area contributed by atoms with Gasteiger partial charge in [0.1, 0.15) is 0 Å². The highest BCUT2D eigenvalue weighted by molar-refractivity contribution is 6.07. The molecule has 6 heteroatoms. The molecule has 0 aliphatic heterocycles. The average Bonchev–Trinajstić information content (AvgIpc) is 2.72. The first-order valence-electron chi connectivity index (χ1n) is 9.65. The molecule has 3 amide bonds. The van der Waals surface area contributed by atoms with E-state index in [4.69, 9.17) is 0 Å². The second-order valence-corrected chi connectivity index (χ2v) is 6.99. The molecule has 3 rings (SSSR count). The number of nitrogens with zero attached hydrogens (tertiary/aromatic N) is 1. The molecule has 0 fully saturated rings. The van der Waals surface area contributed by atoms with Gasteiger partial charge in [-0.25, -0.2) is 4.79 Å². The Hall–Kier alpha value is -3.54. The van der Waals surface area contributed by atoms with Crippen LogP contribution in [-0.2, 0) is 0 Å². The maximum absolute atomic E-state index is 12.6. The Morgan fingerprint density at radius 2 is 1.69 bits per heavy atom. The zero-order valence-electron chi connectivity index (χ0n) is 17.0. The minimum Gasteiger partial charge on any atom is -0.377 e. The van der Waals surface area contributed by atoms with Crippen molar-refractivity contribution < 1.29 is 9.59 Å². The van der Waals surface area contributed by atoms with E-state index in [0.717, 1.165) is 28.6 Å². The Bertz CT molecular complexity index is 1030. The van der Waals surface area contributed by atoms with Crippen LogP contribution in [0.4, 0.5) is 21.9 Å². The molecule has 0 aliphatic rings. The third-order valence-electron chi connectivity index (χ3n) is 4.55. The van der Waals surface area contributed by atoms with Gasteiger partial charge in [0.25, 0.3) is 5.91 Å². The standard InChI is InChI=1S/C23H26N4O2/c1-4-14-24-22(28)19-15-17(12-13-21(19)27(2)3)25-23(29)26-20-11-7-9-16-8-5-6-10-18(16)20/h5-13,15H,4,14H2,1-3H3,(H,24,28)(H2,25,26,29). The van der Waals surface area contributed by atoms with Crippen LogP contribution in [0.5, 0.6) is 0 Å². The molecule has 3 N–H and O–H groups in total. The summed E-state index contributed by atoms with van der Waals surface area (Å²) in [5, 5.41) is 10.6. The number of nitrogens with one attached hydrogen (secondary N) is 3. The monoisotopic (exact) mass is 390 g/mol. The van der Waals surface area contributed by atoms with Crippen molar-refractivity contribution in [1.82, 2.24) is 5.32 Å². The Kier molecular flexibility index (Phi) is 6.34. The number of carbonyl (C=O) groups excluding carboxylic acids is 2. The van der Waals surface area contributed by atoms with E-state index < -0.39 is 0 Å². The molecule has 3 aromatic rings. The summed E-state index contributed by atoms with van der Waals surface area (Å²) >= 11 is 0. The Balaban J connectivity index is 1.80. The number of hydrogen-bond acceptors (Lipinski definition) is 3. The van der Waals surface area contributed by atoms with Gasteiger partial charge in [-0.15, -0.1) is 0 Å². The van der Waals surface area contributed by atoms with E-state index in [1.165, 1.54) is 0 Å². The van der Waals surface area contributed by atoms with Gasteiger partial charge in [-0.2, -0.15) is 0 Å². The normalized spacial score (nSPS) is 10.4. The van der Waals surface area contributed by atoms with Crippen molar-refractivity contribution in [2.24, 2.45) is 0 Å². The third kappa shape index (κ3) is 4.85. The highest BCUT2D eigenvalue weighted by atomic mass is 16.2. The first-order chi connectivity index (χ1) is 14.0. The van der Waals surface area contributed by atoms with Crippen LogP contribution in [0.2, 0.25) is 0 Å². The zero-order valence-corrected chi connectivity index (χ0v) is 17.0. The van der Waals surface area contributed by atoms with Gasteiger partial charge in [0.15, 0.2) is 0 Å². The molecule has 29 heavy (non-hydrogen) atoms. The van der Waals surface area contributed by atoms with Crippen LogP contribution in [0, 0.1) is 0 Å². The van der Waals surface area contributed by atoms with Crippen molar-refractivity contribution in [3.63, 3.8) is 0 Å². The molecule has 0 heterocycles. The third-order valence-corrected chi connectivity index (χ3v) is 4.55. The Morgan fingerprint density at radius 1 is 0.931 bits per heavy atom. The average molecular weight is 390 g/mol. The molecule has 0 unspecified atom stereocenters.